The van der Waals surface area contributed by atoms with Crippen molar-refractivity contribution in [3.05, 3.63) is 28.3 Å². The molecule has 0 aliphatic carbocycles. The summed E-state index contributed by atoms with van der Waals surface area (Å²) in [6, 6.07) is 2.29. The molecule has 106 valence electrons. The van der Waals surface area contributed by atoms with Crippen molar-refractivity contribution in [3.63, 3.8) is 0 Å². The van der Waals surface area contributed by atoms with Crippen LogP contribution in [-0.4, -0.2) is 38.2 Å². The Morgan fingerprint density at radius 2 is 1.95 bits per heavy atom. The van der Waals surface area contributed by atoms with Gasteiger partial charge in [-0.1, -0.05) is 6.07 Å². The van der Waals surface area contributed by atoms with Crippen LogP contribution < -0.4 is 10.1 Å². The molecule has 0 bridgehead atoms. The van der Waals surface area contributed by atoms with E-state index < -0.39 is 0 Å². The van der Waals surface area contributed by atoms with Gasteiger partial charge in [0.05, 0.1) is 7.11 Å². The fourth-order valence-electron chi connectivity index (χ4n) is 2.92. The number of hydrogen-bond donors (Lipinski definition) is 1. The van der Waals surface area contributed by atoms with E-state index in [2.05, 4.69) is 37.1 Å². The molecule has 19 heavy (non-hydrogen) atoms. The van der Waals surface area contributed by atoms with E-state index in [1.807, 2.05) is 0 Å². The summed E-state index contributed by atoms with van der Waals surface area (Å²) in [5.41, 5.74) is 5.34. The summed E-state index contributed by atoms with van der Waals surface area (Å²) in [5.74, 6) is 1.04. The normalized spacial score (nSPS) is 17.3. The molecule has 1 saturated heterocycles. The zero-order valence-electron chi connectivity index (χ0n) is 12.7. The number of rotatable bonds is 3. The van der Waals surface area contributed by atoms with E-state index in [4.69, 9.17) is 4.74 Å². The molecule has 1 aliphatic rings. The molecule has 1 aromatic carbocycles. The van der Waals surface area contributed by atoms with Crippen LogP contribution in [0.15, 0.2) is 6.07 Å². The van der Waals surface area contributed by atoms with Gasteiger partial charge in [0.1, 0.15) is 5.75 Å². The lowest BCUT2D eigenvalue weighted by Gasteiger charge is -2.23. The van der Waals surface area contributed by atoms with E-state index in [1.54, 1.807) is 7.11 Å². The largest absolute Gasteiger partial charge is 0.496 e. The molecule has 2 rings (SSSR count). The van der Waals surface area contributed by atoms with Crippen LogP contribution in [0.5, 0.6) is 5.75 Å². The van der Waals surface area contributed by atoms with Crippen molar-refractivity contribution in [1.82, 2.24) is 10.2 Å². The van der Waals surface area contributed by atoms with Gasteiger partial charge in [-0.3, -0.25) is 4.90 Å². The highest BCUT2D eigenvalue weighted by molar-refractivity contribution is 5.48. The van der Waals surface area contributed by atoms with E-state index in [-0.39, 0.29) is 0 Å². The lowest BCUT2D eigenvalue weighted by atomic mass is 9.98. The first-order valence-corrected chi connectivity index (χ1v) is 7.20. The Hall–Kier alpha value is -1.06. The van der Waals surface area contributed by atoms with E-state index in [9.17, 15) is 0 Å². The maximum Gasteiger partial charge on any atom is 0.124 e. The number of methoxy groups -OCH3 is 1. The minimum atomic E-state index is 1.04. The molecule has 1 aromatic rings. The van der Waals surface area contributed by atoms with Crippen LogP contribution in [0, 0.1) is 20.8 Å². The molecule has 1 N–H and O–H groups in total. The summed E-state index contributed by atoms with van der Waals surface area (Å²) in [5, 5.41) is 3.46. The third-order valence-corrected chi connectivity index (χ3v) is 4.16. The van der Waals surface area contributed by atoms with Gasteiger partial charge in [0.2, 0.25) is 0 Å². The topological polar surface area (TPSA) is 24.5 Å². The average Bonchev–Trinajstić information content (AvgIpc) is 2.65. The highest BCUT2D eigenvalue weighted by atomic mass is 16.5. The first-order valence-electron chi connectivity index (χ1n) is 7.20. The quantitative estimate of drug-likeness (QED) is 0.905. The minimum Gasteiger partial charge on any atom is -0.496 e. The molecule has 3 nitrogen and oxygen atoms in total. The van der Waals surface area contributed by atoms with Crippen molar-refractivity contribution in [2.45, 2.75) is 33.7 Å². The molecule has 0 unspecified atom stereocenters. The standard InChI is InChI=1S/C16H26N2O/c1-12-10-15(13(2)14(3)16(12)19-4)11-18-8-5-6-17-7-9-18/h10,17H,5-9,11H2,1-4H3. The van der Waals surface area contributed by atoms with Gasteiger partial charge in [0.25, 0.3) is 0 Å². The fourth-order valence-corrected chi connectivity index (χ4v) is 2.92. The Morgan fingerprint density at radius 3 is 2.68 bits per heavy atom. The maximum atomic E-state index is 5.50. The SMILES string of the molecule is COc1c(C)cc(CN2CCCNCC2)c(C)c1C. The Balaban J connectivity index is 2.20. The van der Waals surface area contributed by atoms with Gasteiger partial charge < -0.3 is 10.1 Å². The summed E-state index contributed by atoms with van der Waals surface area (Å²) < 4.78 is 5.50. The molecule has 0 radical (unpaired) electrons. The second-order valence-electron chi connectivity index (χ2n) is 5.52. The second-order valence-corrected chi connectivity index (χ2v) is 5.52. The molecular formula is C16H26N2O. The lowest BCUT2D eigenvalue weighted by molar-refractivity contribution is 0.283. The van der Waals surface area contributed by atoms with Crippen molar-refractivity contribution < 1.29 is 4.74 Å². The number of hydrogen-bond acceptors (Lipinski definition) is 3. The van der Waals surface area contributed by atoms with Gasteiger partial charge in [-0.05, 0) is 62.5 Å². The third kappa shape index (κ3) is 3.28. The van der Waals surface area contributed by atoms with Crippen LogP contribution in [0.3, 0.4) is 0 Å². The van der Waals surface area contributed by atoms with Crippen LogP contribution in [-0.2, 0) is 6.54 Å². The Kier molecular flexibility index (Phi) is 4.83. The molecule has 1 aliphatic heterocycles. The second kappa shape index (κ2) is 6.40. The fraction of sp³-hybridized carbons (Fsp3) is 0.625. The minimum absolute atomic E-state index is 1.04. The monoisotopic (exact) mass is 262 g/mol. The summed E-state index contributed by atoms with van der Waals surface area (Å²) in [7, 11) is 1.76. The van der Waals surface area contributed by atoms with E-state index >= 15 is 0 Å². The van der Waals surface area contributed by atoms with Gasteiger partial charge in [-0.2, -0.15) is 0 Å². The number of ether oxygens (including phenoxy) is 1. The molecule has 0 spiro atoms. The molecule has 0 saturated carbocycles. The molecular weight excluding hydrogens is 236 g/mol. The zero-order chi connectivity index (χ0) is 13.8. The van der Waals surface area contributed by atoms with Gasteiger partial charge in [0.15, 0.2) is 0 Å². The van der Waals surface area contributed by atoms with Crippen LogP contribution >= 0.6 is 0 Å². The number of aryl methyl sites for hydroxylation is 1. The smallest absolute Gasteiger partial charge is 0.124 e. The third-order valence-electron chi connectivity index (χ3n) is 4.16. The number of benzene rings is 1. The Bertz CT molecular complexity index is 435. The first kappa shape index (κ1) is 14.4. The molecule has 0 amide bonds. The van der Waals surface area contributed by atoms with Crippen molar-refractivity contribution in [3.8, 4) is 5.75 Å². The summed E-state index contributed by atoms with van der Waals surface area (Å²) in [6.07, 6.45) is 1.24. The van der Waals surface area contributed by atoms with Crippen LogP contribution in [0.4, 0.5) is 0 Å². The van der Waals surface area contributed by atoms with Crippen molar-refractivity contribution in [2.24, 2.45) is 0 Å². The van der Waals surface area contributed by atoms with Crippen LogP contribution in [0.25, 0.3) is 0 Å². The molecule has 0 atom stereocenters. The summed E-state index contributed by atoms with van der Waals surface area (Å²) >= 11 is 0. The van der Waals surface area contributed by atoms with Crippen molar-refractivity contribution >= 4 is 0 Å². The summed E-state index contributed by atoms with van der Waals surface area (Å²) in [6.45, 7) is 12.2. The van der Waals surface area contributed by atoms with Gasteiger partial charge in [-0.25, -0.2) is 0 Å². The molecule has 1 fully saturated rings. The Morgan fingerprint density at radius 1 is 1.16 bits per heavy atom. The zero-order valence-corrected chi connectivity index (χ0v) is 12.7. The predicted octanol–water partition coefficient (Wildman–Crippen LogP) is 2.42. The van der Waals surface area contributed by atoms with E-state index in [0.717, 1.165) is 31.9 Å². The van der Waals surface area contributed by atoms with Crippen LogP contribution in [0.2, 0.25) is 0 Å². The average molecular weight is 262 g/mol. The molecule has 1 heterocycles. The van der Waals surface area contributed by atoms with Gasteiger partial charge >= 0.3 is 0 Å². The highest BCUT2D eigenvalue weighted by Gasteiger charge is 2.14. The molecule has 0 aromatic heterocycles. The Labute approximate surface area is 116 Å². The maximum absolute atomic E-state index is 5.50. The summed E-state index contributed by atoms with van der Waals surface area (Å²) in [4.78, 5) is 2.55. The number of nitrogens with zero attached hydrogens (tertiary/aromatic N) is 1. The highest BCUT2D eigenvalue weighted by Crippen LogP contribution is 2.29. The number of nitrogens with one attached hydrogen (secondary N) is 1. The van der Waals surface area contributed by atoms with Gasteiger partial charge in [0, 0.05) is 19.6 Å². The van der Waals surface area contributed by atoms with E-state index in [1.165, 1.54) is 35.2 Å². The van der Waals surface area contributed by atoms with E-state index in [0.29, 0.717) is 0 Å². The predicted molar refractivity (Wildman–Crippen MR) is 80.0 cm³/mol. The lowest BCUT2D eigenvalue weighted by Crippen LogP contribution is -2.28. The van der Waals surface area contributed by atoms with Gasteiger partial charge in [-0.15, -0.1) is 0 Å². The van der Waals surface area contributed by atoms with Crippen molar-refractivity contribution in [1.29, 1.82) is 0 Å². The molecule has 3 heteroatoms. The van der Waals surface area contributed by atoms with Crippen LogP contribution in [0.1, 0.15) is 28.7 Å². The van der Waals surface area contributed by atoms with Crippen molar-refractivity contribution in [2.75, 3.05) is 33.3 Å². The first-order chi connectivity index (χ1) is 9.13.